The molecule has 25 heavy (non-hydrogen) atoms. The van der Waals surface area contributed by atoms with E-state index in [-0.39, 0.29) is 17.7 Å². The lowest BCUT2D eigenvalue weighted by Gasteiger charge is -2.29. The number of carbonyl (C=O) groups is 2. The number of ether oxygens (including phenoxy) is 1. The van der Waals surface area contributed by atoms with Gasteiger partial charge in [-0.1, -0.05) is 11.6 Å². The summed E-state index contributed by atoms with van der Waals surface area (Å²) in [7, 11) is 1.51. The normalized spacial score (nSPS) is 15.2. The van der Waals surface area contributed by atoms with Gasteiger partial charge in [0.15, 0.2) is 5.69 Å². The summed E-state index contributed by atoms with van der Waals surface area (Å²) in [6.45, 7) is 0.969. The number of rotatable bonds is 4. The van der Waals surface area contributed by atoms with E-state index in [0.29, 0.717) is 53.8 Å². The highest BCUT2D eigenvalue weighted by Crippen LogP contribution is 2.29. The number of hydrogen-bond acceptors (Lipinski definition) is 5. The predicted molar refractivity (Wildman–Crippen MR) is 91.2 cm³/mol. The van der Waals surface area contributed by atoms with E-state index in [1.807, 2.05) is 0 Å². The van der Waals surface area contributed by atoms with Crippen molar-refractivity contribution in [3.05, 3.63) is 29.0 Å². The Kier molecular flexibility index (Phi) is 4.89. The summed E-state index contributed by atoms with van der Waals surface area (Å²) in [5, 5.41) is 7.33. The van der Waals surface area contributed by atoms with Crippen LogP contribution in [0.25, 0.3) is 11.3 Å². The molecule has 9 heteroatoms. The van der Waals surface area contributed by atoms with Gasteiger partial charge in [0.2, 0.25) is 11.8 Å². The van der Waals surface area contributed by atoms with Gasteiger partial charge in [-0.3, -0.25) is 14.7 Å². The molecule has 2 aromatic heterocycles. The molecular weight excluding hydrogens is 346 g/mol. The fraction of sp³-hybridized carbons (Fsp3) is 0.375. The van der Waals surface area contributed by atoms with Crippen LogP contribution in [0.3, 0.4) is 0 Å². The van der Waals surface area contributed by atoms with Crippen molar-refractivity contribution in [3.8, 4) is 17.1 Å². The number of nitrogens with zero attached hydrogens (tertiary/aromatic N) is 3. The first-order valence-electron chi connectivity index (χ1n) is 7.83. The van der Waals surface area contributed by atoms with E-state index in [4.69, 9.17) is 22.1 Å². The number of hydrogen-bond donors (Lipinski definition) is 2. The van der Waals surface area contributed by atoms with Crippen LogP contribution in [0, 0.1) is 5.92 Å². The Bertz CT molecular complexity index is 799. The summed E-state index contributed by atoms with van der Waals surface area (Å²) in [5.41, 5.74) is 6.85. The van der Waals surface area contributed by atoms with Crippen LogP contribution >= 0.6 is 11.6 Å². The second-order valence-corrected chi connectivity index (χ2v) is 6.25. The van der Waals surface area contributed by atoms with E-state index in [9.17, 15) is 9.59 Å². The van der Waals surface area contributed by atoms with E-state index < -0.39 is 0 Å². The molecule has 2 aromatic rings. The Balaban J connectivity index is 1.76. The molecule has 8 nitrogen and oxygen atoms in total. The zero-order chi connectivity index (χ0) is 18.0. The van der Waals surface area contributed by atoms with Crippen molar-refractivity contribution in [1.82, 2.24) is 20.1 Å². The minimum atomic E-state index is -0.310. The lowest BCUT2D eigenvalue weighted by Crippen LogP contribution is -2.41. The SMILES string of the molecule is COc1cc(-c2cc(C(=O)N3CCC(C(N)=O)CC3)n[nH]2)c(Cl)cn1. The number of primary amides is 1. The molecule has 1 aliphatic rings. The lowest BCUT2D eigenvalue weighted by molar-refractivity contribution is -0.123. The molecule has 0 aliphatic carbocycles. The Morgan fingerprint density at radius 2 is 2.08 bits per heavy atom. The topological polar surface area (TPSA) is 114 Å². The van der Waals surface area contributed by atoms with Gasteiger partial charge in [0.25, 0.3) is 5.91 Å². The highest BCUT2D eigenvalue weighted by atomic mass is 35.5. The second kappa shape index (κ2) is 7.10. The van der Waals surface area contributed by atoms with Crippen molar-refractivity contribution < 1.29 is 14.3 Å². The first kappa shape index (κ1) is 17.2. The number of H-pyrrole nitrogens is 1. The largest absolute Gasteiger partial charge is 0.481 e. The maximum absolute atomic E-state index is 12.6. The van der Waals surface area contributed by atoms with Crippen LogP contribution in [0.15, 0.2) is 18.3 Å². The number of likely N-dealkylation sites (tertiary alicyclic amines) is 1. The second-order valence-electron chi connectivity index (χ2n) is 5.84. The summed E-state index contributed by atoms with van der Waals surface area (Å²) < 4.78 is 5.09. The molecule has 0 unspecified atom stereocenters. The van der Waals surface area contributed by atoms with E-state index in [0.717, 1.165) is 0 Å². The summed E-state index contributed by atoms with van der Waals surface area (Å²) in [4.78, 5) is 29.5. The van der Waals surface area contributed by atoms with Crippen LogP contribution < -0.4 is 10.5 Å². The van der Waals surface area contributed by atoms with Crippen LogP contribution in [0.4, 0.5) is 0 Å². The standard InChI is InChI=1S/C16H18ClN5O3/c1-25-14-6-10(11(17)8-19-14)12-7-13(21-20-12)16(24)22-4-2-9(3-5-22)15(18)23/h6-9H,2-5H2,1H3,(H2,18,23)(H,20,21). The lowest BCUT2D eigenvalue weighted by atomic mass is 9.96. The smallest absolute Gasteiger partial charge is 0.274 e. The number of piperidine rings is 1. The number of amides is 2. The zero-order valence-electron chi connectivity index (χ0n) is 13.7. The molecular formula is C16H18ClN5O3. The van der Waals surface area contributed by atoms with Gasteiger partial charge in [0, 0.05) is 30.6 Å². The van der Waals surface area contributed by atoms with Gasteiger partial charge in [0.1, 0.15) is 0 Å². The number of nitrogens with one attached hydrogen (secondary N) is 1. The van der Waals surface area contributed by atoms with Crippen molar-refractivity contribution in [1.29, 1.82) is 0 Å². The fourth-order valence-corrected chi connectivity index (χ4v) is 3.04. The monoisotopic (exact) mass is 363 g/mol. The highest BCUT2D eigenvalue weighted by molar-refractivity contribution is 6.33. The molecule has 2 amide bonds. The molecule has 0 radical (unpaired) electrons. The Hall–Kier alpha value is -2.61. The number of carbonyl (C=O) groups excluding carboxylic acids is 2. The van der Waals surface area contributed by atoms with E-state index >= 15 is 0 Å². The first-order chi connectivity index (χ1) is 12.0. The molecule has 0 atom stereocenters. The number of methoxy groups -OCH3 is 1. The molecule has 0 spiro atoms. The molecule has 1 fully saturated rings. The van der Waals surface area contributed by atoms with E-state index in [2.05, 4.69) is 15.2 Å². The van der Waals surface area contributed by atoms with Crippen molar-refractivity contribution in [3.63, 3.8) is 0 Å². The Morgan fingerprint density at radius 1 is 1.36 bits per heavy atom. The van der Waals surface area contributed by atoms with Crippen LogP contribution in [0.5, 0.6) is 5.88 Å². The van der Waals surface area contributed by atoms with Crippen molar-refractivity contribution >= 4 is 23.4 Å². The average molecular weight is 364 g/mol. The summed E-state index contributed by atoms with van der Waals surface area (Å²) in [6, 6.07) is 3.31. The number of pyridine rings is 1. The molecule has 0 bridgehead atoms. The van der Waals surface area contributed by atoms with Crippen molar-refractivity contribution in [2.45, 2.75) is 12.8 Å². The van der Waals surface area contributed by atoms with E-state index in [1.165, 1.54) is 13.3 Å². The Labute approximate surface area is 149 Å². The quantitative estimate of drug-likeness (QED) is 0.853. The maximum atomic E-state index is 12.6. The summed E-state index contributed by atoms with van der Waals surface area (Å²) in [5.74, 6) is -0.254. The van der Waals surface area contributed by atoms with Crippen molar-refractivity contribution in [2.24, 2.45) is 11.7 Å². The zero-order valence-corrected chi connectivity index (χ0v) is 14.4. The van der Waals surface area contributed by atoms with Crippen LogP contribution in [-0.2, 0) is 4.79 Å². The van der Waals surface area contributed by atoms with Gasteiger partial charge in [0.05, 0.1) is 24.0 Å². The first-order valence-corrected chi connectivity index (χ1v) is 8.21. The maximum Gasteiger partial charge on any atom is 0.274 e. The predicted octanol–water partition coefficient (Wildman–Crippen LogP) is 1.47. The number of aromatic nitrogens is 3. The fourth-order valence-electron chi connectivity index (χ4n) is 2.84. The van der Waals surface area contributed by atoms with Crippen molar-refractivity contribution in [2.75, 3.05) is 20.2 Å². The van der Waals surface area contributed by atoms with Gasteiger partial charge in [-0.2, -0.15) is 5.10 Å². The Morgan fingerprint density at radius 3 is 2.72 bits per heavy atom. The van der Waals surface area contributed by atoms with Gasteiger partial charge in [-0.15, -0.1) is 0 Å². The third kappa shape index (κ3) is 3.58. The van der Waals surface area contributed by atoms with Crippen LogP contribution in [0.2, 0.25) is 5.02 Å². The molecule has 1 saturated heterocycles. The molecule has 0 saturated carbocycles. The molecule has 3 N–H and O–H groups in total. The summed E-state index contributed by atoms with van der Waals surface area (Å²) >= 11 is 6.17. The minimum Gasteiger partial charge on any atom is -0.481 e. The molecule has 0 aromatic carbocycles. The highest BCUT2D eigenvalue weighted by Gasteiger charge is 2.27. The molecule has 132 valence electrons. The number of aromatic amines is 1. The van der Waals surface area contributed by atoms with Gasteiger partial charge < -0.3 is 15.4 Å². The number of nitrogens with two attached hydrogens (primary N) is 1. The third-order valence-corrected chi connectivity index (χ3v) is 4.61. The molecule has 3 heterocycles. The van der Waals surface area contributed by atoms with E-state index in [1.54, 1.807) is 17.0 Å². The number of halogens is 1. The minimum absolute atomic E-state index is 0.165. The molecule has 3 rings (SSSR count). The third-order valence-electron chi connectivity index (χ3n) is 4.31. The van der Waals surface area contributed by atoms with Gasteiger partial charge >= 0.3 is 0 Å². The average Bonchev–Trinajstić information content (AvgIpc) is 3.11. The van der Waals surface area contributed by atoms with Crippen LogP contribution in [0.1, 0.15) is 23.3 Å². The molecule has 1 aliphatic heterocycles. The summed E-state index contributed by atoms with van der Waals surface area (Å²) in [6.07, 6.45) is 2.63. The van der Waals surface area contributed by atoms with Crippen LogP contribution in [-0.4, -0.2) is 52.1 Å². The van der Waals surface area contributed by atoms with Gasteiger partial charge in [-0.25, -0.2) is 4.98 Å². The van der Waals surface area contributed by atoms with Gasteiger partial charge in [-0.05, 0) is 18.9 Å².